The van der Waals surface area contributed by atoms with E-state index in [9.17, 15) is 0 Å². The van der Waals surface area contributed by atoms with E-state index in [4.69, 9.17) is 5.11 Å². The fourth-order valence-electron chi connectivity index (χ4n) is 1.36. The molecule has 1 rings (SSSR count). The van der Waals surface area contributed by atoms with Crippen molar-refractivity contribution in [2.24, 2.45) is 0 Å². The van der Waals surface area contributed by atoms with Gasteiger partial charge in [0.2, 0.25) is 0 Å². The van der Waals surface area contributed by atoms with Gasteiger partial charge in [0, 0.05) is 17.5 Å². The average Bonchev–Trinajstić information content (AvgIpc) is 2.66. The van der Waals surface area contributed by atoms with Crippen LogP contribution in [0.1, 0.15) is 39.3 Å². The zero-order chi connectivity index (χ0) is 11.3. The number of hydrogen-bond donors (Lipinski definition) is 2. The number of anilines is 1. The zero-order valence-electron chi connectivity index (χ0n) is 9.71. The molecule has 1 unspecified atom stereocenters. The summed E-state index contributed by atoms with van der Waals surface area (Å²) in [5, 5.41) is 15.5. The van der Waals surface area contributed by atoms with E-state index < -0.39 is 0 Å². The first-order chi connectivity index (χ1) is 7.13. The Hall–Kier alpha value is -0.610. The molecule has 0 saturated heterocycles. The van der Waals surface area contributed by atoms with Crippen molar-refractivity contribution in [3.63, 3.8) is 0 Å². The van der Waals surface area contributed by atoms with E-state index in [-0.39, 0.29) is 12.1 Å². The van der Waals surface area contributed by atoms with E-state index in [1.165, 1.54) is 0 Å². The third-order valence-corrected chi connectivity index (χ3v) is 3.57. The average molecular weight is 228 g/mol. The van der Waals surface area contributed by atoms with E-state index in [0.29, 0.717) is 0 Å². The highest BCUT2D eigenvalue weighted by Crippen LogP contribution is 2.24. The predicted octanol–water partition coefficient (Wildman–Crippen LogP) is 2.67. The van der Waals surface area contributed by atoms with Gasteiger partial charge in [0.05, 0.1) is 5.69 Å². The van der Waals surface area contributed by atoms with Gasteiger partial charge in [-0.3, -0.25) is 0 Å². The van der Waals surface area contributed by atoms with Gasteiger partial charge < -0.3 is 10.4 Å². The first kappa shape index (κ1) is 12.5. The molecule has 0 saturated carbocycles. The Morgan fingerprint density at radius 3 is 2.73 bits per heavy atom. The second-order valence-corrected chi connectivity index (χ2v) is 4.87. The molecular weight excluding hydrogens is 208 g/mol. The number of nitrogens with one attached hydrogen (secondary N) is 1. The molecule has 0 bridgehead atoms. The summed E-state index contributed by atoms with van der Waals surface area (Å²) in [4.78, 5) is 4.47. The van der Waals surface area contributed by atoms with Crippen molar-refractivity contribution < 1.29 is 5.11 Å². The summed E-state index contributed by atoms with van der Waals surface area (Å²) >= 11 is 1.64. The molecule has 1 atom stereocenters. The molecule has 1 heterocycles. The van der Waals surface area contributed by atoms with Crippen LogP contribution in [0.3, 0.4) is 0 Å². The van der Waals surface area contributed by atoms with Crippen molar-refractivity contribution in [2.75, 3.05) is 11.9 Å². The minimum Gasteiger partial charge on any atom is -0.396 e. The van der Waals surface area contributed by atoms with Crippen molar-refractivity contribution in [3.05, 3.63) is 11.1 Å². The molecule has 0 spiro atoms. The summed E-state index contributed by atoms with van der Waals surface area (Å²) in [6.07, 6.45) is 2.71. The summed E-state index contributed by atoms with van der Waals surface area (Å²) < 4.78 is 0. The maximum atomic E-state index is 9.01. The first-order valence-electron chi connectivity index (χ1n) is 5.47. The molecule has 1 aromatic rings. The predicted molar refractivity (Wildman–Crippen MR) is 65.5 cm³/mol. The quantitative estimate of drug-likeness (QED) is 0.787. The largest absolute Gasteiger partial charge is 0.396 e. The Balaban J connectivity index is 2.65. The lowest BCUT2D eigenvalue weighted by Gasteiger charge is -2.28. The lowest BCUT2D eigenvalue weighted by molar-refractivity contribution is 0.252. The molecule has 0 aliphatic carbocycles. The molecule has 0 radical (unpaired) electrons. The maximum Gasteiger partial charge on any atom is 0.183 e. The fraction of sp³-hybridized carbons (Fsp3) is 0.727. The second kappa shape index (κ2) is 5.47. The Bertz CT molecular complexity index is 301. The Morgan fingerprint density at radius 2 is 2.27 bits per heavy atom. The van der Waals surface area contributed by atoms with Gasteiger partial charge in [0.15, 0.2) is 5.13 Å². The van der Waals surface area contributed by atoms with Crippen molar-refractivity contribution in [3.8, 4) is 0 Å². The van der Waals surface area contributed by atoms with Crippen LogP contribution in [0, 0.1) is 0 Å². The molecule has 0 fully saturated rings. The first-order valence-corrected chi connectivity index (χ1v) is 6.35. The van der Waals surface area contributed by atoms with Crippen LogP contribution in [0.5, 0.6) is 0 Å². The van der Waals surface area contributed by atoms with Crippen molar-refractivity contribution >= 4 is 16.5 Å². The van der Waals surface area contributed by atoms with Crippen LogP contribution < -0.4 is 5.32 Å². The smallest absolute Gasteiger partial charge is 0.183 e. The minimum absolute atomic E-state index is 0.0440. The topological polar surface area (TPSA) is 45.1 Å². The van der Waals surface area contributed by atoms with Gasteiger partial charge in [0.1, 0.15) is 0 Å². The fourth-order valence-corrected chi connectivity index (χ4v) is 2.30. The second-order valence-electron chi connectivity index (χ2n) is 4.01. The van der Waals surface area contributed by atoms with Gasteiger partial charge in [-0.25, -0.2) is 4.98 Å². The number of aryl methyl sites for hydroxylation is 1. The lowest BCUT2D eigenvalue weighted by Crippen LogP contribution is -2.34. The van der Waals surface area contributed by atoms with Crippen LogP contribution in [0.2, 0.25) is 0 Å². The van der Waals surface area contributed by atoms with E-state index in [1.54, 1.807) is 11.3 Å². The van der Waals surface area contributed by atoms with Crippen molar-refractivity contribution in [1.29, 1.82) is 0 Å². The maximum absolute atomic E-state index is 9.01. The number of aliphatic hydroxyl groups excluding tert-OH is 1. The molecular formula is C11H20N2OS. The molecule has 0 aromatic carbocycles. The van der Waals surface area contributed by atoms with E-state index in [2.05, 4.69) is 36.5 Å². The van der Waals surface area contributed by atoms with Gasteiger partial charge in [-0.15, -0.1) is 11.3 Å². The lowest BCUT2D eigenvalue weighted by atomic mass is 9.95. The van der Waals surface area contributed by atoms with Crippen LogP contribution in [-0.2, 0) is 6.42 Å². The van der Waals surface area contributed by atoms with E-state index in [0.717, 1.165) is 30.1 Å². The Labute approximate surface area is 95.6 Å². The standard InChI is InChI=1S/C11H20N2OS/c1-4-9-8-15-10(12-9)13-11(3,5-2)6-7-14/h8,14H,4-7H2,1-3H3,(H,12,13). The highest BCUT2D eigenvalue weighted by molar-refractivity contribution is 7.13. The molecule has 4 heteroatoms. The summed E-state index contributed by atoms with van der Waals surface area (Å²) in [5.41, 5.74) is 1.09. The van der Waals surface area contributed by atoms with Crippen molar-refractivity contribution in [2.45, 2.75) is 45.6 Å². The van der Waals surface area contributed by atoms with Crippen molar-refractivity contribution in [1.82, 2.24) is 4.98 Å². The monoisotopic (exact) mass is 228 g/mol. The number of rotatable bonds is 6. The minimum atomic E-state index is -0.0440. The molecule has 15 heavy (non-hydrogen) atoms. The van der Waals surface area contributed by atoms with Gasteiger partial charge >= 0.3 is 0 Å². The molecule has 0 amide bonds. The van der Waals surface area contributed by atoms with Gasteiger partial charge in [-0.2, -0.15) is 0 Å². The van der Waals surface area contributed by atoms with E-state index in [1.807, 2.05) is 0 Å². The molecule has 1 aromatic heterocycles. The zero-order valence-corrected chi connectivity index (χ0v) is 10.5. The molecule has 86 valence electrons. The number of aliphatic hydroxyl groups is 1. The van der Waals surface area contributed by atoms with Gasteiger partial charge in [0.25, 0.3) is 0 Å². The normalized spacial score (nSPS) is 14.9. The molecule has 3 nitrogen and oxygen atoms in total. The van der Waals surface area contributed by atoms with Crippen LogP contribution in [-0.4, -0.2) is 22.2 Å². The van der Waals surface area contributed by atoms with Crippen LogP contribution in [0.15, 0.2) is 5.38 Å². The number of hydrogen-bond acceptors (Lipinski definition) is 4. The number of aromatic nitrogens is 1. The Morgan fingerprint density at radius 1 is 1.53 bits per heavy atom. The van der Waals surface area contributed by atoms with Gasteiger partial charge in [-0.1, -0.05) is 13.8 Å². The molecule has 0 aliphatic heterocycles. The third-order valence-electron chi connectivity index (χ3n) is 2.77. The molecule has 0 aliphatic rings. The summed E-state index contributed by atoms with van der Waals surface area (Å²) in [6, 6.07) is 0. The van der Waals surface area contributed by atoms with E-state index >= 15 is 0 Å². The third kappa shape index (κ3) is 3.47. The van der Waals surface area contributed by atoms with Crippen LogP contribution in [0.25, 0.3) is 0 Å². The highest BCUT2D eigenvalue weighted by atomic mass is 32.1. The molecule has 2 N–H and O–H groups in total. The SMILES string of the molecule is CCc1csc(NC(C)(CC)CCO)n1. The summed E-state index contributed by atoms with van der Waals surface area (Å²) in [5.74, 6) is 0. The van der Waals surface area contributed by atoms with Crippen LogP contribution in [0.4, 0.5) is 5.13 Å². The highest BCUT2D eigenvalue weighted by Gasteiger charge is 2.22. The van der Waals surface area contributed by atoms with Gasteiger partial charge in [-0.05, 0) is 26.2 Å². The number of nitrogens with zero attached hydrogens (tertiary/aromatic N) is 1. The summed E-state index contributed by atoms with van der Waals surface area (Å²) in [7, 11) is 0. The number of thiazole rings is 1. The van der Waals surface area contributed by atoms with Crippen LogP contribution >= 0.6 is 11.3 Å². The Kier molecular flexibility index (Phi) is 4.54. The summed E-state index contributed by atoms with van der Waals surface area (Å²) in [6.45, 7) is 6.56.